The number of hydrogen-bond donors (Lipinski definition) is 1. The van der Waals surface area contributed by atoms with Gasteiger partial charge in [-0.05, 0) is 70.3 Å². The van der Waals surface area contributed by atoms with Crippen LogP contribution in [0.1, 0.15) is 26.5 Å². The first kappa shape index (κ1) is 30.5. The largest absolute Gasteiger partial charge is 0.443 e. The Morgan fingerprint density at radius 1 is 1.13 bits per heavy atom. The van der Waals surface area contributed by atoms with Gasteiger partial charge in [-0.3, -0.25) is 9.69 Å². The number of anilines is 1. The van der Waals surface area contributed by atoms with E-state index in [1.165, 1.54) is 11.1 Å². The molecular formula is C29H45N5O4Si. The molecule has 39 heavy (non-hydrogen) atoms. The number of piperazine rings is 1. The zero-order valence-electron chi connectivity index (χ0n) is 24.6. The molecule has 0 bridgehead atoms. The molecule has 2 heterocycles. The van der Waals surface area contributed by atoms with Crippen LogP contribution in [0, 0.1) is 0 Å². The molecule has 2 aromatic rings. The van der Waals surface area contributed by atoms with Crippen LogP contribution >= 0.6 is 0 Å². The van der Waals surface area contributed by atoms with Crippen LogP contribution in [-0.4, -0.2) is 87.1 Å². The molecule has 0 saturated carbocycles. The smallest absolute Gasteiger partial charge is 0.419 e. The van der Waals surface area contributed by atoms with E-state index in [1.807, 2.05) is 32.9 Å². The number of carbonyl (C=O) groups is 2. The fraction of sp³-hybridized carbons (Fsp3) is 0.517. The van der Waals surface area contributed by atoms with Crippen molar-refractivity contribution in [3.8, 4) is 0 Å². The molecule has 9 nitrogen and oxygen atoms in total. The number of amides is 1. The molecule has 0 aliphatic carbocycles. The van der Waals surface area contributed by atoms with Crippen molar-refractivity contribution in [3.05, 3.63) is 47.9 Å². The van der Waals surface area contributed by atoms with Crippen LogP contribution in [-0.2, 0) is 14.3 Å². The summed E-state index contributed by atoms with van der Waals surface area (Å²) in [6.45, 7) is 17.0. The molecule has 2 N–H and O–H groups in total. The Balaban J connectivity index is 1.85. The summed E-state index contributed by atoms with van der Waals surface area (Å²) < 4.78 is 12.9. The van der Waals surface area contributed by atoms with E-state index in [4.69, 9.17) is 15.2 Å². The number of likely N-dealkylation sites (N-methyl/N-ethyl adjacent to an activating group) is 1. The molecule has 214 valence electrons. The Morgan fingerprint density at radius 2 is 1.82 bits per heavy atom. The molecule has 1 amide bonds. The Morgan fingerprint density at radius 3 is 2.44 bits per heavy atom. The summed E-state index contributed by atoms with van der Waals surface area (Å²) in [6.07, 6.45) is 5.20. The molecule has 1 aliphatic heterocycles. The van der Waals surface area contributed by atoms with E-state index in [1.54, 1.807) is 16.7 Å². The Hall–Kier alpha value is -3.08. The lowest BCUT2D eigenvalue weighted by molar-refractivity contribution is -0.119. The van der Waals surface area contributed by atoms with Crippen LogP contribution in [0.4, 0.5) is 10.5 Å². The van der Waals surface area contributed by atoms with Crippen molar-refractivity contribution < 1.29 is 19.1 Å². The molecule has 0 unspecified atom stereocenters. The Labute approximate surface area is 233 Å². The summed E-state index contributed by atoms with van der Waals surface area (Å²) >= 11 is 0. The molecule has 1 fully saturated rings. The van der Waals surface area contributed by atoms with Gasteiger partial charge in [0.1, 0.15) is 12.3 Å². The second-order valence-corrected chi connectivity index (χ2v) is 18.0. The minimum atomic E-state index is -1.21. The normalized spacial score (nSPS) is 15.8. The highest BCUT2D eigenvalue weighted by atomic mass is 28.3. The highest BCUT2D eigenvalue weighted by Crippen LogP contribution is 2.28. The van der Waals surface area contributed by atoms with Gasteiger partial charge in [-0.15, -0.1) is 0 Å². The summed E-state index contributed by atoms with van der Waals surface area (Å²) in [5, 5.41) is 0.935. The zero-order valence-corrected chi connectivity index (χ0v) is 25.6. The van der Waals surface area contributed by atoms with Crippen molar-refractivity contribution in [3.63, 3.8) is 0 Å². The number of benzene rings is 1. The first-order chi connectivity index (χ1) is 18.3. The van der Waals surface area contributed by atoms with Crippen LogP contribution in [0.3, 0.4) is 0 Å². The lowest BCUT2D eigenvalue weighted by Crippen LogP contribution is -2.44. The van der Waals surface area contributed by atoms with Crippen molar-refractivity contribution in [2.24, 2.45) is 5.73 Å². The highest BCUT2D eigenvalue weighted by Gasteiger charge is 2.22. The first-order valence-electron chi connectivity index (χ1n) is 13.5. The van der Waals surface area contributed by atoms with Gasteiger partial charge in [0.05, 0.1) is 11.2 Å². The van der Waals surface area contributed by atoms with E-state index in [-0.39, 0.29) is 6.73 Å². The second kappa shape index (κ2) is 12.8. The maximum Gasteiger partial charge on any atom is 0.419 e. The summed E-state index contributed by atoms with van der Waals surface area (Å²) in [5.74, 6) is 0. The number of aromatic nitrogens is 1. The third-order valence-corrected chi connectivity index (χ3v) is 8.10. The second-order valence-electron chi connectivity index (χ2n) is 12.3. The van der Waals surface area contributed by atoms with Crippen molar-refractivity contribution in [1.29, 1.82) is 0 Å². The van der Waals surface area contributed by atoms with Crippen molar-refractivity contribution in [2.75, 3.05) is 51.5 Å². The summed E-state index contributed by atoms with van der Waals surface area (Å²) in [7, 11) is 0.925. The summed E-state index contributed by atoms with van der Waals surface area (Å²) in [5.41, 5.74) is 8.45. The van der Waals surface area contributed by atoms with Gasteiger partial charge in [0.25, 0.3) is 0 Å². The van der Waals surface area contributed by atoms with Crippen LogP contribution < -0.4 is 10.6 Å². The van der Waals surface area contributed by atoms with Gasteiger partial charge in [-0.2, -0.15) is 0 Å². The molecule has 3 rings (SSSR count). The standard InChI is InChI=1S/C29H45N5O4Si/c1-29(2,3)38-28(36)34-26(9-8-24(30)20-32(21-35)22-37-16-17-39(5,6)7)19-23-18-25(10-11-27(23)34)33-14-12-31(4)13-15-33/h8-11,18-21H,12-17,22,30H2,1-7H3/b9-8+,24-20+. The molecule has 1 aliphatic rings. The van der Waals surface area contributed by atoms with Crippen LogP contribution in [0.5, 0.6) is 0 Å². The number of ether oxygens (including phenoxy) is 2. The average molecular weight is 556 g/mol. The van der Waals surface area contributed by atoms with Gasteiger partial charge in [0.15, 0.2) is 0 Å². The van der Waals surface area contributed by atoms with Crippen molar-refractivity contribution in [1.82, 2.24) is 14.4 Å². The number of rotatable bonds is 10. The number of allylic oxidation sites excluding steroid dienone is 1. The monoisotopic (exact) mass is 555 g/mol. The molecule has 10 heteroatoms. The minimum Gasteiger partial charge on any atom is -0.443 e. The number of hydrogen-bond acceptors (Lipinski definition) is 7. The van der Waals surface area contributed by atoms with E-state index in [0.29, 0.717) is 24.4 Å². The van der Waals surface area contributed by atoms with Gasteiger partial charge >= 0.3 is 6.09 Å². The molecule has 1 aromatic carbocycles. The Bertz CT molecular complexity index is 1200. The van der Waals surface area contributed by atoms with Crippen molar-refractivity contribution in [2.45, 2.75) is 52.1 Å². The minimum absolute atomic E-state index is 0.135. The van der Waals surface area contributed by atoms with Gasteiger partial charge in [0, 0.05) is 63.8 Å². The maximum absolute atomic E-state index is 13.2. The van der Waals surface area contributed by atoms with Gasteiger partial charge in [0.2, 0.25) is 6.41 Å². The fourth-order valence-electron chi connectivity index (χ4n) is 4.18. The van der Waals surface area contributed by atoms with E-state index in [9.17, 15) is 9.59 Å². The zero-order chi connectivity index (χ0) is 28.8. The van der Waals surface area contributed by atoms with Crippen molar-refractivity contribution >= 4 is 43.2 Å². The number of fused-ring (bicyclic) bond motifs is 1. The lowest BCUT2D eigenvalue weighted by Gasteiger charge is -2.34. The topological polar surface area (TPSA) is 93.3 Å². The summed E-state index contributed by atoms with van der Waals surface area (Å²) in [6, 6.07) is 9.11. The molecule has 0 spiro atoms. The van der Waals surface area contributed by atoms with Crippen LogP contribution in [0.15, 0.2) is 42.2 Å². The summed E-state index contributed by atoms with van der Waals surface area (Å²) in [4.78, 5) is 30.8. The average Bonchev–Trinajstić information content (AvgIpc) is 3.21. The number of carbonyl (C=O) groups excluding carboxylic acids is 2. The highest BCUT2D eigenvalue weighted by molar-refractivity contribution is 6.76. The Kier molecular flexibility index (Phi) is 10.0. The van der Waals surface area contributed by atoms with E-state index in [0.717, 1.165) is 48.8 Å². The van der Waals surface area contributed by atoms with Gasteiger partial charge < -0.3 is 25.0 Å². The van der Waals surface area contributed by atoms with E-state index >= 15 is 0 Å². The molecule has 1 saturated heterocycles. The number of nitrogens with zero attached hydrogens (tertiary/aromatic N) is 4. The van der Waals surface area contributed by atoms with Crippen LogP contribution in [0.25, 0.3) is 17.0 Å². The lowest BCUT2D eigenvalue weighted by atomic mass is 10.2. The fourth-order valence-corrected chi connectivity index (χ4v) is 4.94. The maximum atomic E-state index is 13.2. The van der Waals surface area contributed by atoms with Crippen LogP contribution in [0.2, 0.25) is 25.7 Å². The molecule has 0 radical (unpaired) electrons. The SMILES string of the molecule is CN1CCN(c2ccc3c(c2)cc(/C=C/C(N)=C\N(C=O)COCC[Si](C)(C)C)n3C(=O)OC(C)(C)C)CC1. The number of nitrogens with two attached hydrogens (primary N) is 1. The molecular weight excluding hydrogens is 510 g/mol. The van der Waals surface area contributed by atoms with E-state index < -0.39 is 19.8 Å². The third-order valence-electron chi connectivity index (χ3n) is 6.39. The molecule has 1 aromatic heterocycles. The predicted molar refractivity (Wildman–Crippen MR) is 161 cm³/mol. The van der Waals surface area contributed by atoms with Gasteiger partial charge in [-0.25, -0.2) is 9.36 Å². The first-order valence-corrected chi connectivity index (χ1v) is 17.2. The van der Waals surface area contributed by atoms with E-state index in [2.05, 4.69) is 48.6 Å². The third kappa shape index (κ3) is 9.26. The quantitative estimate of drug-likeness (QED) is 0.149. The predicted octanol–water partition coefficient (Wildman–Crippen LogP) is 4.76. The molecule has 0 atom stereocenters. The van der Waals surface area contributed by atoms with Gasteiger partial charge in [-0.1, -0.05) is 19.6 Å².